The predicted molar refractivity (Wildman–Crippen MR) is 78.1 cm³/mol. The minimum absolute atomic E-state index is 0.141. The van der Waals surface area contributed by atoms with Gasteiger partial charge in [-0.3, -0.25) is 4.79 Å². The first-order valence-corrected chi connectivity index (χ1v) is 7.54. The van der Waals surface area contributed by atoms with Crippen LogP contribution >= 0.6 is 0 Å². The van der Waals surface area contributed by atoms with Gasteiger partial charge in [-0.15, -0.1) is 0 Å². The van der Waals surface area contributed by atoms with Crippen molar-refractivity contribution >= 4 is 5.91 Å². The summed E-state index contributed by atoms with van der Waals surface area (Å²) in [4.78, 5) is 14.5. The number of fused-ring (bicyclic) bond motifs is 2. The predicted octanol–water partition coefficient (Wildman–Crippen LogP) is 2.05. The van der Waals surface area contributed by atoms with Gasteiger partial charge in [0.2, 0.25) is 0 Å². The normalized spacial score (nSPS) is 25.4. The molecular formula is C16H22N2O2. The lowest BCUT2D eigenvalue weighted by Gasteiger charge is -2.24. The standard InChI is InChI=1S/C16H22N2O2/c1-2-20-15-7-3-12(4-8-15)16(19)18-10-9-13-5-6-14(11-18)17-13/h3-4,7-8,13-14,17H,2,5-6,9-11H2,1H3. The van der Waals surface area contributed by atoms with Crippen LogP contribution in [0.15, 0.2) is 24.3 Å². The monoisotopic (exact) mass is 274 g/mol. The first kappa shape index (κ1) is 13.4. The van der Waals surface area contributed by atoms with E-state index in [-0.39, 0.29) is 5.91 Å². The van der Waals surface area contributed by atoms with E-state index in [1.807, 2.05) is 36.1 Å². The smallest absolute Gasteiger partial charge is 0.253 e. The second-order valence-electron chi connectivity index (χ2n) is 5.64. The van der Waals surface area contributed by atoms with E-state index in [2.05, 4.69) is 5.32 Å². The molecule has 2 aliphatic heterocycles. The number of carbonyl (C=O) groups excluding carboxylic acids is 1. The number of likely N-dealkylation sites (tertiary alicyclic amines) is 1. The van der Waals surface area contributed by atoms with Crippen LogP contribution in [0.1, 0.15) is 36.5 Å². The molecule has 3 rings (SSSR count). The molecule has 0 aliphatic carbocycles. The maximum absolute atomic E-state index is 12.6. The Bertz CT molecular complexity index is 472. The summed E-state index contributed by atoms with van der Waals surface area (Å²) >= 11 is 0. The summed E-state index contributed by atoms with van der Waals surface area (Å²) in [6.07, 6.45) is 3.52. The molecule has 1 aromatic rings. The molecule has 4 heteroatoms. The first-order chi connectivity index (χ1) is 9.76. The van der Waals surface area contributed by atoms with Crippen molar-refractivity contribution in [3.63, 3.8) is 0 Å². The van der Waals surface area contributed by atoms with E-state index in [0.717, 1.165) is 30.8 Å². The van der Waals surface area contributed by atoms with Crippen LogP contribution < -0.4 is 10.1 Å². The van der Waals surface area contributed by atoms with E-state index < -0.39 is 0 Å². The molecule has 1 amide bonds. The third kappa shape index (κ3) is 2.80. The van der Waals surface area contributed by atoms with Crippen molar-refractivity contribution in [3.05, 3.63) is 29.8 Å². The molecule has 2 bridgehead atoms. The van der Waals surface area contributed by atoms with Gasteiger partial charge in [-0.1, -0.05) is 0 Å². The maximum Gasteiger partial charge on any atom is 0.253 e. The zero-order valence-electron chi connectivity index (χ0n) is 12.0. The van der Waals surface area contributed by atoms with Crippen molar-refractivity contribution < 1.29 is 9.53 Å². The molecule has 2 saturated heterocycles. The Morgan fingerprint density at radius 3 is 2.75 bits per heavy atom. The number of benzene rings is 1. The topological polar surface area (TPSA) is 41.6 Å². The summed E-state index contributed by atoms with van der Waals surface area (Å²) < 4.78 is 5.41. The fraction of sp³-hybridized carbons (Fsp3) is 0.562. The number of hydrogen-bond acceptors (Lipinski definition) is 3. The largest absolute Gasteiger partial charge is 0.494 e. The summed E-state index contributed by atoms with van der Waals surface area (Å²) in [5.41, 5.74) is 0.756. The summed E-state index contributed by atoms with van der Waals surface area (Å²) in [5.74, 6) is 0.961. The fourth-order valence-corrected chi connectivity index (χ4v) is 3.17. The van der Waals surface area contributed by atoms with Crippen molar-refractivity contribution in [2.45, 2.75) is 38.3 Å². The Labute approximate surface area is 120 Å². The van der Waals surface area contributed by atoms with E-state index in [1.165, 1.54) is 12.8 Å². The van der Waals surface area contributed by atoms with Gasteiger partial charge in [-0.2, -0.15) is 0 Å². The Morgan fingerprint density at radius 2 is 2.00 bits per heavy atom. The van der Waals surface area contributed by atoms with Gasteiger partial charge < -0.3 is 15.0 Å². The molecule has 1 aromatic carbocycles. The lowest BCUT2D eigenvalue weighted by atomic mass is 10.1. The third-order valence-electron chi connectivity index (χ3n) is 4.22. The summed E-state index contributed by atoms with van der Waals surface area (Å²) in [5, 5.41) is 3.60. The van der Waals surface area contributed by atoms with Gasteiger partial charge in [0.25, 0.3) is 5.91 Å². The quantitative estimate of drug-likeness (QED) is 0.917. The van der Waals surface area contributed by atoms with Crippen LogP contribution in [0.25, 0.3) is 0 Å². The lowest BCUT2D eigenvalue weighted by molar-refractivity contribution is 0.0748. The van der Waals surface area contributed by atoms with Crippen LogP contribution in [-0.2, 0) is 0 Å². The maximum atomic E-state index is 12.6. The second-order valence-corrected chi connectivity index (χ2v) is 5.64. The van der Waals surface area contributed by atoms with Crippen molar-refractivity contribution in [2.75, 3.05) is 19.7 Å². The molecule has 2 unspecified atom stereocenters. The molecule has 0 saturated carbocycles. The highest BCUT2D eigenvalue weighted by Crippen LogP contribution is 2.22. The van der Waals surface area contributed by atoms with Crippen LogP contribution in [0.2, 0.25) is 0 Å². The minimum atomic E-state index is 0.141. The van der Waals surface area contributed by atoms with Gasteiger partial charge >= 0.3 is 0 Å². The molecule has 1 N–H and O–H groups in total. The van der Waals surface area contributed by atoms with E-state index >= 15 is 0 Å². The van der Waals surface area contributed by atoms with E-state index in [4.69, 9.17) is 4.74 Å². The van der Waals surface area contributed by atoms with Gasteiger partial charge in [0.05, 0.1) is 6.61 Å². The van der Waals surface area contributed by atoms with Gasteiger partial charge in [0.1, 0.15) is 5.75 Å². The van der Waals surface area contributed by atoms with E-state index in [0.29, 0.717) is 18.7 Å². The Morgan fingerprint density at radius 1 is 1.25 bits per heavy atom. The molecule has 4 nitrogen and oxygen atoms in total. The van der Waals surface area contributed by atoms with Crippen molar-refractivity contribution in [1.82, 2.24) is 10.2 Å². The molecule has 2 aliphatic rings. The highest BCUT2D eigenvalue weighted by atomic mass is 16.5. The average molecular weight is 274 g/mol. The number of amides is 1. The highest BCUT2D eigenvalue weighted by molar-refractivity contribution is 5.94. The van der Waals surface area contributed by atoms with E-state index in [9.17, 15) is 4.79 Å². The average Bonchev–Trinajstić information content (AvgIpc) is 2.79. The molecule has 2 fully saturated rings. The minimum Gasteiger partial charge on any atom is -0.494 e. The first-order valence-electron chi connectivity index (χ1n) is 7.54. The summed E-state index contributed by atoms with van der Waals surface area (Å²) in [6, 6.07) is 8.57. The van der Waals surface area contributed by atoms with Gasteiger partial charge in [0.15, 0.2) is 0 Å². The summed E-state index contributed by atoms with van der Waals surface area (Å²) in [6.45, 7) is 4.30. The van der Waals surface area contributed by atoms with Gasteiger partial charge in [0, 0.05) is 30.7 Å². The van der Waals surface area contributed by atoms with Crippen LogP contribution in [0.5, 0.6) is 5.75 Å². The zero-order chi connectivity index (χ0) is 13.9. The fourth-order valence-electron chi connectivity index (χ4n) is 3.17. The molecule has 2 heterocycles. The highest BCUT2D eigenvalue weighted by Gasteiger charge is 2.31. The van der Waals surface area contributed by atoms with Crippen molar-refractivity contribution in [2.24, 2.45) is 0 Å². The Balaban J connectivity index is 1.68. The summed E-state index contributed by atoms with van der Waals surface area (Å²) in [7, 11) is 0. The number of nitrogens with one attached hydrogen (secondary N) is 1. The van der Waals surface area contributed by atoms with Crippen LogP contribution in [0, 0.1) is 0 Å². The SMILES string of the molecule is CCOc1ccc(C(=O)N2CCC3CCC(C2)N3)cc1. The molecule has 20 heavy (non-hydrogen) atoms. The van der Waals surface area contributed by atoms with Gasteiger partial charge in [-0.05, 0) is 50.5 Å². The molecule has 108 valence electrons. The molecular weight excluding hydrogens is 252 g/mol. The van der Waals surface area contributed by atoms with Crippen molar-refractivity contribution in [1.29, 1.82) is 0 Å². The number of rotatable bonds is 3. The van der Waals surface area contributed by atoms with Crippen molar-refractivity contribution in [3.8, 4) is 5.75 Å². The van der Waals surface area contributed by atoms with E-state index in [1.54, 1.807) is 0 Å². The molecule has 0 spiro atoms. The van der Waals surface area contributed by atoms with Gasteiger partial charge in [-0.25, -0.2) is 0 Å². The molecule has 0 radical (unpaired) electrons. The number of carbonyl (C=O) groups is 1. The van der Waals surface area contributed by atoms with Crippen LogP contribution in [-0.4, -0.2) is 42.6 Å². The second kappa shape index (κ2) is 5.83. The third-order valence-corrected chi connectivity index (χ3v) is 4.22. The van der Waals surface area contributed by atoms with Crippen LogP contribution in [0.4, 0.5) is 0 Å². The lowest BCUT2D eigenvalue weighted by Crippen LogP contribution is -2.39. The molecule has 0 aromatic heterocycles. The number of ether oxygens (including phenoxy) is 1. The number of nitrogens with zero attached hydrogens (tertiary/aromatic N) is 1. The van der Waals surface area contributed by atoms with Crippen LogP contribution in [0.3, 0.4) is 0 Å². The zero-order valence-corrected chi connectivity index (χ0v) is 12.0. The number of hydrogen-bond donors (Lipinski definition) is 1. The Hall–Kier alpha value is -1.55. The molecule has 2 atom stereocenters. The Kier molecular flexibility index (Phi) is 3.92.